The van der Waals surface area contributed by atoms with Crippen molar-refractivity contribution in [3.05, 3.63) is 35.6 Å². The molecule has 1 unspecified atom stereocenters. The molecular formula is C27H31N5O4S2. The van der Waals surface area contributed by atoms with E-state index in [0.717, 1.165) is 53.1 Å². The maximum absolute atomic E-state index is 13.8. The molecule has 0 saturated carbocycles. The molecule has 2 N–H and O–H groups in total. The second kappa shape index (κ2) is 9.69. The smallest absolute Gasteiger partial charge is 0.250 e. The Balaban J connectivity index is 1.64. The highest BCUT2D eigenvalue weighted by Crippen LogP contribution is 2.50. The molecule has 4 aromatic rings. The molecule has 4 aromatic heterocycles. The molecule has 9 nitrogen and oxygen atoms in total. The van der Waals surface area contributed by atoms with Crippen molar-refractivity contribution in [2.75, 3.05) is 24.7 Å². The molecule has 11 heteroatoms. The second-order valence-electron chi connectivity index (χ2n) is 10.6. The summed E-state index contributed by atoms with van der Waals surface area (Å²) in [5, 5.41) is 9.35. The first kappa shape index (κ1) is 25.4. The number of thiophene rings is 1. The van der Waals surface area contributed by atoms with Crippen molar-refractivity contribution in [3.8, 4) is 21.9 Å². The topological polar surface area (TPSA) is 134 Å². The highest BCUT2D eigenvalue weighted by molar-refractivity contribution is 7.92. The molecular weight excluding hydrogens is 522 g/mol. The summed E-state index contributed by atoms with van der Waals surface area (Å²) in [6.45, 7) is 7.39. The summed E-state index contributed by atoms with van der Waals surface area (Å²) in [5.41, 5.74) is 8.88. The van der Waals surface area contributed by atoms with Crippen LogP contribution in [0.1, 0.15) is 56.3 Å². The fraction of sp³-hybridized carbons (Fsp3) is 0.481. The predicted octanol–water partition coefficient (Wildman–Crippen LogP) is 5.19. The number of ether oxygens (including phenoxy) is 1. The minimum Gasteiger partial charge on any atom is -0.421 e. The number of sulfone groups is 1. The lowest BCUT2D eigenvalue weighted by Crippen LogP contribution is -2.17. The molecule has 0 aliphatic carbocycles. The quantitative estimate of drug-likeness (QED) is 0.342. The van der Waals surface area contributed by atoms with E-state index in [1.807, 2.05) is 12.1 Å². The molecule has 0 bridgehead atoms. The van der Waals surface area contributed by atoms with Gasteiger partial charge in [0.05, 0.1) is 32.3 Å². The number of pyridine rings is 2. The predicted molar refractivity (Wildman–Crippen MR) is 147 cm³/mol. The molecule has 200 valence electrons. The Hall–Kier alpha value is -2.89. The first-order chi connectivity index (χ1) is 18.2. The van der Waals surface area contributed by atoms with E-state index in [0.29, 0.717) is 46.8 Å². The van der Waals surface area contributed by atoms with E-state index in [-0.39, 0.29) is 22.5 Å². The average Bonchev–Trinajstić information content (AvgIpc) is 3.58. The van der Waals surface area contributed by atoms with Crippen LogP contribution in [0.4, 0.5) is 5.82 Å². The molecule has 2 aliphatic rings. The largest absolute Gasteiger partial charge is 0.421 e. The van der Waals surface area contributed by atoms with Crippen molar-refractivity contribution in [3.63, 3.8) is 0 Å². The minimum absolute atomic E-state index is 0.0420. The zero-order chi connectivity index (χ0) is 26.6. The standard InChI is InChI=1S/C27H31N5O4S2/c1-14(2)18-13-38(33,34)25-22(20-12-17-6-9-29-26(28)24(17)37-20)21(27-32-31-15(3)36-27)19(30-23(18)25)5-4-16-7-10-35-11-8-16/h6,9,12,14,16,18H,4-5,7-8,10-11,13H2,1-3H3,(H2,28,29). The number of anilines is 1. The normalized spacial score (nSPS) is 19.4. The van der Waals surface area contributed by atoms with Crippen molar-refractivity contribution >= 4 is 37.1 Å². The van der Waals surface area contributed by atoms with E-state index < -0.39 is 9.84 Å². The number of nitrogen functional groups attached to an aromatic ring is 1. The summed E-state index contributed by atoms with van der Waals surface area (Å²) < 4.78 is 39.9. The van der Waals surface area contributed by atoms with E-state index >= 15 is 0 Å². The van der Waals surface area contributed by atoms with Crippen molar-refractivity contribution in [1.29, 1.82) is 0 Å². The van der Waals surface area contributed by atoms with Gasteiger partial charge in [-0.1, -0.05) is 13.8 Å². The number of nitrogens with two attached hydrogens (primary N) is 1. The number of fused-ring (bicyclic) bond motifs is 2. The Bertz CT molecular complexity index is 1620. The lowest BCUT2D eigenvalue weighted by Gasteiger charge is -2.23. The van der Waals surface area contributed by atoms with Crippen LogP contribution < -0.4 is 5.73 Å². The maximum Gasteiger partial charge on any atom is 0.250 e. The first-order valence-electron chi connectivity index (χ1n) is 13.0. The summed E-state index contributed by atoms with van der Waals surface area (Å²) in [6, 6.07) is 3.88. The Morgan fingerprint density at radius 3 is 2.66 bits per heavy atom. The highest BCUT2D eigenvalue weighted by atomic mass is 32.2. The van der Waals surface area contributed by atoms with Crippen molar-refractivity contribution in [2.24, 2.45) is 11.8 Å². The second-order valence-corrected chi connectivity index (χ2v) is 13.6. The third-order valence-electron chi connectivity index (χ3n) is 7.70. The van der Waals surface area contributed by atoms with E-state index in [9.17, 15) is 8.42 Å². The van der Waals surface area contributed by atoms with E-state index in [2.05, 4.69) is 29.0 Å². The summed E-state index contributed by atoms with van der Waals surface area (Å²) in [7, 11) is -3.61. The Kier molecular flexibility index (Phi) is 6.48. The third-order valence-corrected chi connectivity index (χ3v) is 10.7. The molecule has 1 atom stereocenters. The van der Waals surface area contributed by atoms with Gasteiger partial charge < -0.3 is 14.9 Å². The number of hydrogen-bond donors (Lipinski definition) is 1. The van der Waals surface area contributed by atoms with Crippen LogP contribution in [0.2, 0.25) is 0 Å². The minimum atomic E-state index is -3.61. The molecule has 0 radical (unpaired) electrons. The van der Waals surface area contributed by atoms with Gasteiger partial charge in [-0.2, -0.15) is 0 Å². The average molecular weight is 554 g/mol. The van der Waals surface area contributed by atoms with Gasteiger partial charge in [0.15, 0.2) is 9.84 Å². The lowest BCUT2D eigenvalue weighted by molar-refractivity contribution is 0.0639. The molecule has 0 spiro atoms. The summed E-state index contributed by atoms with van der Waals surface area (Å²) in [5.74, 6) is 1.63. The molecule has 6 heterocycles. The van der Waals surface area contributed by atoms with Crippen LogP contribution in [0.25, 0.3) is 32.0 Å². The molecule has 1 fully saturated rings. The van der Waals surface area contributed by atoms with Crippen LogP contribution in [0.5, 0.6) is 0 Å². The molecule has 38 heavy (non-hydrogen) atoms. The summed E-state index contributed by atoms with van der Waals surface area (Å²) in [6.07, 6.45) is 5.30. The molecule has 6 rings (SSSR count). The van der Waals surface area contributed by atoms with Crippen LogP contribution in [-0.4, -0.2) is 47.5 Å². The van der Waals surface area contributed by atoms with Crippen LogP contribution >= 0.6 is 11.3 Å². The van der Waals surface area contributed by atoms with Crippen LogP contribution in [0.15, 0.2) is 27.6 Å². The summed E-state index contributed by atoms with van der Waals surface area (Å²) >= 11 is 1.44. The van der Waals surface area contributed by atoms with Gasteiger partial charge in [0.1, 0.15) is 5.82 Å². The van der Waals surface area contributed by atoms with E-state index in [4.69, 9.17) is 19.9 Å². The van der Waals surface area contributed by atoms with Crippen LogP contribution in [0, 0.1) is 18.8 Å². The number of hydrogen-bond acceptors (Lipinski definition) is 10. The van der Waals surface area contributed by atoms with Crippen molar-refractivity contribution in [2.45, 2.75) is 57.3 Å². The number of aryl methyl sites for hydroxylation is 2. The molecule has 2 aliphatic heterocycles. The lowest BCUT2D eigenvalue weighted by atomic mass is 9.89. The number of nitrogens with zero attached hydrogens (tertiary/aromatic N) is 4. The molecule has 0 amide bonds. The first-order valence-corrected chi connectivity index (χ1v) is 15.5. The SMILES string of the molecule is Cc1nnc(-c2c(CCC3CCOCC3)nc3c(c2-c2cc4ccnc(N)c4s2)S(=O)(=O)CC3C(C)C)o1. The van der Waals surface area contributed by atoms with E-state index in [1.165, 1.54) is 11.3 Å². The molecule has 0 aromatic carbocycles. The molecule has 1 saturated heterocycles. The zero-order valence-electron chi connectivity index (χ0n) is 21.7. The van der Waals surface area contributed by atoms with Gasteiger partial charge in [-0.25, -0.2) is 13.4 Å². The summed E-state index contributed by atoms with van der Waals surface area (Å²) in [4.78, 5) is 10.4. The van der Waals surface area contributed by atoms with Crippen molar-refractivity contribution in [1.82, 2.24) is 20.2 Å². The van der Waals surface area contributed by atoms with Crippen molar-refractivity contribution < 1.29 is 17.6 Å². The Morgan fingerprint density at radius 1 is 1.18 bits per heavy atom. The maximum atomic E-state index is 13.8. The Labute approximate surface area is 225 Å². The van der Waals surface area contributed by atoms with Gasteiger partial charge in [-0.15, -0.1) is 21.5 Å². The number of rotatable bonds is 6. The fourth-order valence-corrected chi connectivity index (χ4v) is 9.04. The van der Waals surface area contributed by atoms with Crippen LogP contribution in [0.3, 0.4) is 0 Å². The Morgan fingerprint density at radius 2 is 1.97 bits per heavy atom. The van der Waals surface area contributed by atoms with Gasteiger partial charge in [0.2, 0.25) is 11.8 Å². The monoisotopic (exact) mass is 553 g/mol. The van der Waals surface area contributed by atoms with Gasteiger partial charge in [0.25, 0.3) is 0 Å². The van der Waals surface area contributed by atoms with E-state index in [1.54, 1.807) is 13.1 Å². The third kappa shape index (κ3) is 4.40. The number of aromatic nitrogens is 4. The zero-order valence-corrected chi connectivity index (χ0v) is 23.4. The highest BCUT2D eigenvalue weighted by Gasteiger charge is 2.43. The van der Waals surface area contributed by atoms with Gasteiger partial charge in [-0.3, -0.25) is 4.98 Å². The van der Waals surface area contributed by atoms with Crippen LogP contribution in [-0.2, 0) is 21.0 Å². The van der Waals surface area contributed by atoms with Gasteiger partial charge >= 0.3 is 0 Å². The van der Waals surface area contributed by atoms with Gasteiger partial charge in [0, 0.05) is 42.7 Å². The fourth-order valence-electron chi connectivity index (χ4n) is 5.64. The van der Waals surface area contributed by atoms with Gasteiger partial charge in [-0.05, 0) is 55.0 Å².